The van der Waals surface area contributed by atoms with Crippen LogP contribution in [0.4, 0.5) is 5.82 Å². The molecule has 3 saturated carbocycles. The number of hydrogen-bond acceptors (Lipinski definition) is 3. The third-order valence-corrected chi connectivity index (χ3v) is 13.3. The number of nitrogens with two attached hydrogens (primary N) is 1. The van der Waals surface area contributed by atoms with Crippen molar-refractivity contribution < 1.29 is 9.90 Å². The number of carbonyl (C=O) groups is 1. The quantitative estimate of drug-likeness (QED) is 0.371. The zero-order valence-electron chi connectivity index (χ0n) is 23.6. The molecular weight excluding hydrogens is 446 g/mol. The van der Waals surface area contributed by atoms with E-state index in [9.17, 15) is 9.90 Å². The molecule has 5 heteroatoms. The summed E-state index contributed by atoms with van der Waals surface area (Å²) in [6.07, 6.45) is 11.7. The highest BCUT2D eigenvalue weighted by molar-refractivity contribution is 5.76. The van der Waals surface area contributed by atoms with Gasteiger partial charge in [-0.3, -0.25) is 9.89 Å². The van der Waals surface area contributed by atoms with Crippen LogP contribution in [0.15, 0.2) is 11.6 Å². The van der Waals surface area contributed by atoms with E-state index in [2.05, 4.69) is 64.7 Å². The molecule has 198 valence electrons. The Morgan fingerprint density at radius 3 is 2.42 bits per heavy atom. The third-order valence-electron chi connectivity index (χ3n) is 13.3. The number of anilines is 1. The van der Waals surface area contributed by atoms with Crippen molar-refractivity contribution in [3.63, 3.8) is 0 Å². The van der Waals surface area contributed by atoms with E-state index in [0.717, 1.165) is 44.9 Å². The van der Waals surface area contributed by atoms with Crippen LogP contribution in [0.1, 0.15) is 111 Å². The molecule has 5 nitrogen and oxygen atoms in total. The number of nitrogens with one attached hydrogen (secondary N) is 1. The van der Waals surface area contributed by atoms with Gasteiger partial charge in [0.15, 0.2) is 0 Å². The summed E-state index contributed by atoms with van der Waals surface area (Å²) in [4.78, 5) is 12.8. The minimum atomic E-state index is -0.571. The Hall–Kier alpha value is -1.78. The van der Waals surface area contributed by atoms with Crippen molar-refractivity contribution in [3.05, 3.63) is 22.9 Å². The normalized spacial score (nSPS) is 46.3. The molecule has 0 bridgehead atoms. The molecule has 5 aliphatic rings. The van der Waals surface area contributed by atoms with Gasteiger partial charge in [-0.25, -0.2) is 0 Å². The molecule has 1 aromatic heterocycles. The monoisotopic (exact) mass is 493 g/mol. The first-order valence-corrected chi connectivity index (χ1v) is 14.4. The largest absolute Gasteiger partial charge is 0.481 e. The molecule has 0 radical (unpaired) electrons. The second-order valence-corrected chi connectivity index (χ2v) is 15.5. The number of nitrogens with zero attached hydrogens (tertiary/aromatic N) is 1. The molecule has 1 unspecified atom stereocenters. The number of carboxylic acid groups (broad SMARTS) is 1. The van der Waals surface area contributed by atoms with Gasteiger partial charge in [-0.15, -0.1) is 0 Å². The summed E-state index contributed by atoms with van der Waals surface area (Å²) in [5.74, 6) is 1.42. The minimum absolute atomic E-state index is 0.0115. The SMILES string of the molecule is CC1(C)CC[C@]2(C(=O)O)CC[C@]3(C)C(=CCC4[C@@]5(C)Cc6c(N)n[nH]c6C(C)(C)[C@@H]5CC[C@]43C)[C@@H]2C1. The molecule has 1 aromatic rings. The van der Waals surface area contributed by atoms with Crippen LogP contribution in [0, 0.1) is 44.8 Å². The standard InChI is InChI=1S/C31H47N3O2/c1-26(2)12-14-31(25(35)36)15-13-29(6)19(20(31)17-26)8-9-22-28(5)16-18-23(33-34-24(18)32)27(3,4)21(28)10-11-30(22,29)7/h8,20-22H,9-17H2,1-7H3,(H,35,36)(H3,32,33,34)/t20-,21-,22?,28-,29+,30+,31-/m0/s1. The van der Waals surface area contributed by atoms with Crippen LogP contribution in [0.2, 0.25) is 0 Å². The Balaban J connectivity index is 1.47. The van der Waals surface area contributed by atoms with Gasteiger partial charge in [-0.2, -0.15) is 5.10 Å². The Bertz CT molecular complexity index is 1160. The first-order chi connectivity index (χ1) is 16.6. The van der Waals surface area contributed by atoms with E-state index in [-0.39, 0.29) is 33.0 Å². The molecule has 0 amide bonds. The highest BCUT2D eigenvalue weighted by Crippen LogP contribution is 2.75. The van der Waals surface area contributed by atoms with Gasteiger partial charge in [0.05, 0.1) is 5.41 Å². The smallest absolute Gasteiger partial charge is 0.310 e. The van der Waals surface area contributed by atoms with Gasteiger partial charge < -0.3 is 10.8 Å². The van der Waals surface area contributed by atoms with Gasteiger partial charge in [0.1, 0.15) is 5.82 Å². The lowest BCUT2D eigenvalue weighted by Crippen LogP contribution is -2.64. The highest BCUT2D eigenvalue weighted by Gasteiger charge is 2.69. The zero-order valence-corrected chi connectivity index (χ0v) is 23.6. The zero-order chi connectivity index (χ0) is 26.1. The Morgan fingerprint density at radius 2 is 1.72 bits per heavy atom. The number of carboxylic acids is 1. The topological polar surface area (TPSA) is 92.0 Å². The van der Waals surface area contributed by atoms with Crippen molar-refractivity contribution in [2.45, 2.75) is 112 Å². The van der Waals surface area contributed by atoms with Gasteiger partial charge in [0, 0.05) is 16.7 Å². The number of aromatic nitrogens is 2. The van der Waals surface area contributed by atoms with Crippen molar-refractivity contribution in [1.29, 1.82) is 0 Å². The lowest BCUT2D eigenvalue weighted by atomic mass is 9.33. The van der Waals surface area contributed by atoms with Gasteiger partial charge in [0.25, 0.3) is 0 Å². The second-order valence-electron chi connectivity index (χ2n) is 15.5. The summed E-state index contributed by atoms with van der Waals surface area (Å²) in [6, 6.07) is 0. The van der Waals surface area contributed by atoms with Crippen LogP contribution in [0.3, 0.4) is 0 Å². The van der Waals surface area contributed by atoms with Crippen LogP contribution in [0.25, 0.3) is 0 Å². The molecule has 6 rings (SSSR count). The van der Waals surface area contributed by atoms with E-state index >= 15 is 0 Å². The van der Waals surface area contributed by atoms with Crippen molar-refractivity contribution in [1.82, 2.24) is 10.2 Å². The van der Waals surface area contributed by atoms with Gasteiger partial charge >= 0.3 is 5.97 Å². The predicted octanol–water partition coefficient (Wildman–Crippen LogP) is 6.89. The fraction of sp³-hybridized carbons (Fsp3) is 0.806. The van der Waals surface area contributed by atoms with Crippen molar-refractivity contribution in [2.24, 2.45) is 44.8 Å². The first-order valence-electron chi connectivity index (χ1n) is 14.4. The van der Waals surface area contributed by atoms with E-state index in [0.29, 0.717) is 17.7 Å². The third kappa shape index (κ3) is 2.73. The number of aliphatic carboxylic acids is 1. The number of allylic oxidation sites excluding steroid dienone is 2. The number of fused-ring (bicyclic) bond motifs is 8. The number of H-pyrrole nitrogens is 1. The van der Waals surface area contributed by atoms with Crippen LogP contribution in [-0.4, -0.2) is 21.3 Å². The number of rotatable bonds is 1. The molecule has 0 aromatic carbocycles. The van der Waals surface area contributed by atoms with Crippen LogP contribution >= 0.6 is 0 Å². The first kappa shape index (κ1) is 24.6. The Kier molecular flexibility index (Phi) is 4.77. The lowest BCUT2D eigenvalue weighted by molar-refractivity contribution is -0.177. The molecule has 1 heterocycles. The molecule has 4 N–H and O–H groups in total. The molecule has 0 aliphatic heterocycles. The van der Waals surface area contributed by atoms with Crippen LogP contribution < -0.4 is 5.73 Å². The van der Waals surface area contributed by atoms with Gasteiger partial charge in [0.2, 0.25) is 0 Å². The molecule has 0 spiro atoms. The summed E-state index contributed by atoms with van der Waals surface area (Å²) in [6.45, 7) is 17.1. The second kappa shape index (κ2) is 6.99. The van der Waals surface area contributed by atoms with Crippen molar-refractivity contribution in [2.75, 3.05) is 5.73 Å². The van der Waals surface area contributed by atoms with Gasteiger partial charge in [-0.05, 0) is 97.2 Å². The van der Waals surface area contributed by atoms with E-state index in [1.165, 1.54) is 29.7 Å². The summed E-state index contributed by atoms with van der Waals surface area (Å²) >= 11 is 0. The summed E-state index contributed by atoms with van der Waals surface area (Å²) < 4.78 is 0. The molecule has 3 fully saturated rings. The van der Waals surface area contributed by atoms with Crippen molar-refractivity contribution in [3.8, 4) is 0 Å². The highest BCUT2D eigenvalue weighted by atomic mass is 16.4. The van der Waals surface area contributed by atoms with E-state index < -0.39 is 11.4 Å². The van der Waals surface area contributed by atoms with Crippen LogP contribution in [-0.2, 0) is 16.6 Å². The summed E-state index contributed by atoms with van der Waals surface area (Å²) in [5, 5.41) is 18.3. The number of hydrogen-bond donors (Lipinski definition) is 3. The average Bonchev–Trinajstić information content (AvgIpc) is 3.14. The maximum atomic E-state index is 12.8. The van der Waals surface area contributed by atoms with E-state index in [1.807, 2.05) is 0 Å². The van der Waals surface area contributed by atoms with E-state index in [1.54, 1.807) is 0 Å². The van der Waals surface area contributed by atoms with E-state index in [4.69, 9.17) is 5.73 Å². The summed E-state index contributed by atoms with van der Waals surface area (Å²) in [7, 11) is 0. The lowest BCUT2D eigenvalue weighted by Gasteiger charge is -2.70. The molecule has 0 saturated heterocycles. The minimum Gasteiger partial charge on any atom is -0.481 e. The molecule has 36 heavy (non-hydrogen) atoms. The van der Waals surface area contributed by atoms with Gasteiger partial charge in [-0.1, -0.05) is 60.1 Å². The van der Waals surface area contributed by atoms with Crippen molar-refractivity contribution >= 4 is 11.8 Å². The molecule has 7 atom stereocenters. The number of nitrogen functional groups attached to an aromatic ring is 1. The van der Waals surface area contributed by atoms with Crippen LogP contribution in [0.5, 0.6) is 0 Å². The molecular formula is C31H47N3O2. The fourth-order valence-electron chi connectivity index (χ4n) is 11.1. The number of aromatic amines is 1. The predicted molar refractivity (Wildman–Crippen MR) is 143 cm³/mol. The molecule has 5 aliphatic carbocycles. The average molecular weight is 494 g/mol. The summed E-state index contributed by atoms with van der Waals surface area (Å²) in [5.41, 5.74) is 10.4. The maximum Gasteiger partial charge on any atom is 0.310 e. The Morgan fingerprint density at radius 1 is 1.03 bits per heavy atom. The maximum absolute atomic E-state index is 12.8. The Labute approximate surface area is 217 Å². The fourth-order valence-corrected chi connectivity index (χ4v) is 11.1.